The van der Waals surface area contributed by atoms with Gasteiger partial charge in [0.1, 0.15) is 0 Å². The molecule has 5 nitrogen and oxygen atoms in total. The van der Waals surface area contributed by atoms with Crippen molar-refractivity contribution in [3.05, 3.63) is 35.4 Å². The van der Waals surface area contributed by atoms with Gasteiger partial charge in [-0.15, -0.1) is 0 Å². The van der Waals surface area contributed by atoms with Crippen LogP contribution in [0.2, 0.25) is 0 Å². The highest BCUT2D eigenvalue weighted by atomic mass is 16.4. The monoisotopic (exact) mass is 261 g/mol. The molecule has 1 aliphatic heterocycles. The van der Waals surface area contributed by atoms with Gasteiger partial charge in [0.05, 0.1) is 5.92 Å². The number of nitrogens with zero attached hydrogens (tertiary/aromatic N) is 1. The van der Waals surface area contributed by atoms with E-state index in [9.17, 15) is 14.4 Å². The summed E-state index contributed by atoms with van der Waals surface area (Å²) in [5, 5.41) is 9.00. The summed E-state index contributed by atoms with van der Waals surface area (Å²) >= 11 is 0. The van der Waals surface area contributed by atoms with Crippen LogP contribution in [0, 0.1) is 12.8 Å². The molecule has 2 amide bonds. The molecular formula is C14H15NO4. The minimum absolute atomic E-state index is 0.0403. The number of carbonyl (C=O) groups excluding carboxylic acids is 2. The normalized spacial score (nSPS) is 19.3. The number of aryl methyl sites for hydroxylation is 1. The molecule has 19 heavy (non-hydrogen) atoms. The van der Waals surface area contributed by atoms with Gasteiger partial charge in [0.2, 0.25) is 5.91 Å². The number of imide groups is 1. The summed E-state index contributed by atoms with van der Waals surface area (Å²) in [5.41, 5.74) is 1.22. The van der Waals surface area contributed by atoms with Crippen LogP contribution < -0.4 is 0 Å². The number of benzene rings is 1. The summed E-state index contributed by atoms with van der Waals surface area (Å²) in [7, 11) is 0. The molecule has 2 rings (SSSR count). The van der Waals surface area contributed by atoms with E-state index in [0.717, 1.165) is 10.5 Å². The standard InChI is InChI=1S/C14H15NO4/c1-9-4-2-3-5-11(9)13(17)15-8-10(14(18)19)6-7-12(15)16/h2-5,10H,6-8H2,1H3,(H,18,19). The van der Waals surface area contributed by atoms with Gasteiger partial charge < -0.3 is 5.11 Å². The Labute approximate surface area is 110 Å². The average molecular weight is 261 g/mol. The quantitative estimate of drug-likeness (QED) is 0.818. The van der Waals surface area contributed by atoms with Crippen molar-refractivity contribution in [2.45, 2.75) is 19.8 Å². The number of likely N-dealkylation sites (tertiary alicyclic amines) is 1. The molecule has 0 radical (unpaired) electrons. The first-order valence-electron chi connectivity index (χ1n) is 6.14. The zero-order valence-electron chi connectivity index (χ0n) is 10.6. The van der Waals surface area contributed by atoms with Crippen LogP contribution in [-0.2, 0) is 9.59 Å². The summed E-state index contributed by atoms with van der Waals surface area (Å²) in [6, 6.07) is 6.97. The minimum Gasteiger partial charge on any atom is -0.481 e. The summed E-state index contributed by atoms with van der Waals surface area (Å²) < 4.78 is 0. The number of hydrogen-bond acceptors (Lipinski definition) is 3. The molecule has 1 aromatic rings. The lowest BCUT2D eigenvalue weighted by Crippen LogP contribution is -2.46. The Morgan fingerprint density at radius 2 is 2.00 bits per heavy atom. The van der Waals surface area contributed by atoms with E-state index in [-0.39, 0.29) is 18.9 Å². The van der Waals surface area contributed by atoms with Gasteiger partial charge in [-0.25, -0.2) is 0 Å². The molecule has 0 aromatic heterocycles. The first kappa shape index (κ1) is 13.3. The Morgan fingerprint density at radius 3 is 2.63 bits per heavy atom. The number of amides is 2. The Balaban J connectivity index is 2.24. The van der Waals surface area contributed by atoms with Crippen LogP contribution in [-0.4, -0.2) is 34.3 Å². The lowest BCUT2D eigenvalue weighted by Gasteiger charge is -2.29. The first-order valence-corrected chi connectivity index (χ1v) is 6.14. The Hall–Kier alpha value is -2.17. The van der Waals surface area contributed by atoms with Gasteiger partial charge in [-0.1, -0.05) is 18.2 Å². The number of piperidine rings is 1. The number of aliphatic carboxylic acids is 1. The number of carboxylic acids is 1. The molecule has 1 saturated heterocycles. The van der Waals surface area contributed by atoms with Crippen LogP contribution in [0.15, 0.2) is 24.3 Å². The molecule has 0 bridgehead atoms. The third kappa shape index (κ3) is 2.65. The molecule has 1 aliphatic rings. The van der Waals surface area contributed by atoms with Crippen LogP contribution in [0.4, 0.5) is 0 Å². The Morgan fingerprint density at radius 1 is 1.32 bits per heavy atom. The summed E-state index contributed by atoms with van der Waals surface area (Å²) in [6.45, 7) is 1.75. The predicted octanol–water partition coefficient (Wildman–Crippen LogP) is 1.46. The largest absolute Gasteiger partial charge is 0.481 e. The van der Waals surface area contributed by atoms with E-state index in [0.29, 0.717) is 12.0 Å². The van der Waals surface area contributed by atoms with E-state index in [4.69, 9.17) is 5.11 Å². The van der Waals surface area contributed by atoms with Crippen LogP contribution >= 0.6 is 0 Å². The molecule has 1 atom stereocenters. The summed E-state index contributed by atoms with van der Waals surface area (Å²) in [6.07, 6.45) is 0.403. The van der Waals surface area contributed by atoms with Gasteiger partial charge in [0.15, 0.2) is 0 Å². The molecule has 1 heterocycles. The summed E-state index contributed by atoms with van der Waals surface area (Å²) in [5.74, 6) is -2.33. The minimum atomic E-state index is -0.963. The smallest absolute Gasteiger partial charge is 0.308 e. The lowest BCUT2D eigenvalue weighted by molar-refractivity contribution is -0.145. The SMILES string of the molecule is Cc1ccccc1C(=O)N1CC(C(=O)O)CCC1=O. The van der Waals surface area contributed by atoms with E-state index in [2.05, 4.69) is 0 Å². The van der Waals surface area contributed by atoms with Gasteiger partial charge in [-0.2, -0.15) is 0 Å². The molecule has 0 spiro atoms. The predicted molar refractivity (Wildman–Crippen MR) is 67.6 cm³/mol. The zero-order chi connectivity index (χ0) is 14.0. The Bertz CT molecular complexity index is 538. The second-order valence-electron chi connectivity index (χ2n) is 4.70. The van der Waals surface area contributed by atoms with Crippen molar-refractivity contribution in [1.29, 1.82) is 0 Å². The third-order valence-electron chi connectivity index (χ3n) is 3.38. The molecule has 1 N–H and O–H groups in total. The van der Waals surface area contributed by atoms with Gasteiger partial charge in [-0.3, -0.25) is 19.3 Å². The average Bonchev–Trinajstić information content (AvgIpc) is 2.38. The summed E-state index contributed by atoms with van der Waals surface area (Å²) in [4.78, 5) is 36.2. The fourth-order valence-electron chi connectivity index (χ4n) is 2.20. The highest BCUT2D eigenvalue weighted by Gasteiger charge is 2.34. The van der Waals surface area contributed by atoms with E-state index in [1.54, 1.807) is 25.1 Å². The van der Waals surface area contributed by atoms with Crippen molar-refractivity contribution in [3.63, 3.8) is 0 Å². The maximum Gasteiger partial charge on any atom is 0.308 e. The highest BCUT2D eigenvalue weighted by molar-refractivity contribution is 6.06. The van der Waals surface area contributed by atoms with E-state index in [1.807, 2.05) is 6.07 Å². The van der Waals surface area contributed by atoms with Gasteiger partial charge >= 0.3 is 5.97 Å². The number of carboxylic acid groups (broad SMARTS) is 1. The van der Waals surface area contributed by atoms with Crippen molar-refractivity contribution < 1.29 is 19.5 Å². The van der Waals surface area contributed by atoms with E-state index in [1.165, 1.54) is 0 Å². The number of hydrogen-bond donors (Lipinski definition) is 1. The zero-order valence-corrected chi connectivity index (χ0v) is 10.6. The Kier molecular flexibility index (Phi) is 3.64. The second kappa shape index (κ2) is 5.22. The van der Waals surface area contributed by atoms with E-state index >= 15 is 0 Å². The van der Waals surface area contributed by atoms with Gasteiger partial charge in [-0.05, 0) is 25.0 Å². The van der Waals surface area contributed by atoms with Crippen molar-refractivity contribution in [3.8, 4) is 0 Å². The van der Waals surface area contributed by atoms with Crippen molar-refractivity contribution in [2.75, 3.05) is 6.54 Å². The number of rotatable bonds is 2. The topological polar surface area (TPSA) is 74.7 Å². The fourth-order valence-corrected chi connectivity index (χ4v) is 2.20. The van der Waals surface area contributed by atoms with Crippen molar-refractivity contribution in [1.82, 2.24) is 4.90 Å². The molecule has 0 aliphatic carbocycles. The molecule has 1 fully saturated rings. The third-order valence-corrected chi connectivity index (χ3v) is 3.38. The molecule has 5 heteroatoms. The van der Waals surface area contributed by atoms with Crippen molar-refractivity contribution in [2.24, 2.45) is 5.92 Å². The molecular weight excluding hydrogens is 246 g/mol. The fraction of sp³-hybridized carbons (Fsp3) is 0.357. The molecule has 1 unspecified atom stereocenters. The molecule has 1 aromatic carbocycles. The highest BCUT2D eigenvalue weighted by Crippen LogP contribution is 2.21. The van der Waals surface area contributed by atoms with Crippen LogP contribution in [0.1, 0.15) is 28.8 Å². The van der Waals surface area contributed by atoms with Crippen LogP contribution in [0.25, 0.3) is 0 Å². The van der Waals surface area contributed by atoms with Crippen molar-refractivity contribution >= 4 is 17.8 Å². The first-order chi connectivity index (χ1) is 9.00. The van der Waals surface area contributed by atoms with Crippen LogP contribution in [0.5, 0.6) is 0 Å². The maximum atomic E-state index is 12.3. The maximum absolute atomic E-state index is 12.3. The lowest BCUT2D eigenvalue weighted by atomic mass is 9.96. The molecule has 0 saturated carbocycles. The van der Waals surface area contributed by atoms with Crippen LogP contribution in [0.3, 0.4) is 0 Å². The van der Waals surface area contributed by atoms with Gasteiger partial charge in [0.25, 0.3) is 5.91 Å². The molecule has 100 valence electrons. The van der Waals surface area contributed by atoms with Gasteiger partial charge in [0, 0.05) is 18.5 Å². The van der Waals surface area contributed by atoms with E-state index < -0.39 is 17.8 Å². The number of carbonyl (C=O) groups is 3. The second-order valence-corrected chi connectivity index (χ2v) is 4.70.